The SMILES string of the molecule is CCNC(=NCCS(N)(=O)=O)NCCc1ncc(CC)s1. The van der Waals surface area contributed by atoms with Crippen molar-refractivity contribution >= 4 is 27.3 Å². The topological polar surface area (TPSA) is 109 Å². The molecule has 0 bridgehead atoms. The predicted octanol–water partition coefficient (Wildman–Crippen LogP) is 0.0916. The van der Waals surface area contributed by atoms with Crippen molar-refractivity contribution in [3.8, 4) is 0 Å². The summed E-state index contributed by atoms with van der Waals surface area (Å²) in [5.41, 5.74) is 0. The summed E-state index contributed by atoms with van der Waals surface area (Å²) in [4.78, 5) is 9.79. The van der Waals surface area contributed by atoms with Crippen LogP contribution in [-0.2, 0) is 22.9 Å². The first-order valence-electron chi connectivity index (χ1n) is 6.90. The molecule has 0 fully saturated rings. The lowest BCUT2D eigenvalue weighted by Crippen LogP contribution is -2.38. The van der Waals surface area contributed by atoms with Crippen LogP contribution in [0.15, 0.2) is 11.2 Å². The van der Waals surface area contributed by atoms with Crippen molar-refractivity contribution in [2.24, 2.45) is 10.1 Å². The minimum absolute atomic E-state index is 0.144. The Morgan fingerprint density at radius 2 is 2.19 bits per heavy atom. The molecule has 0 radical (unpaired) electrons. The van der Waals surface area contributed by atoms with E-state index in [-0.39, 0.29) is 12.3 Å². The quantitative estimate of drug-likeness (QED) is 0.461. The average Bonchev–Trinajstić information content (AvgIpc) is 2.85. The monoisotopic (exact) mass is 333 g/mol. The third-order valence-corrected chi connectivity index (χ3v) is 4.52. The maximum atomic E-state index is 10.9. The molecule has 0 aliphatic rings. The molecule has 0 saturated heterocycles. The summed E-state index contributed by atoms with van der Waals surface area (Å²) in [6.45, 7) is 5.60. The van der Waals surface area contributed by atoms with Crippen molar-refractivity contribution in [1.82, 2.24) is 15.6 Å². The minimum atomic E-state index is -3.47. The fourth-order valence-electron chi connectivity index (χ4n) is 1.54. The minimum Gasteiger partial charge on any atom is -0.357 e. The molecule has 7 nitrogen and oxygen atoms in total. The van der Waals surface area contributed by atoms with E-state index in [2.05, 4.69) is 27.5 Å². The Morgan fingerprint density at radius 1 is 1.43 bits per heavy atom. The van der Waals surface area contributed by atoms with Gasteiger partial charge in [-0.2, -0.15) is 0 Å². The van der Waals surface area contributed by atoms with Gasteiger partial charge in [-0.05, 0) is 13.3 Å². The van der Waals surface area contributed by atoms with Crippen molar-refractivity contribution < 1.29 is 8.42 Å². The van der Waals surface area contributed by atoms with Crippen LogP contribution in [0.4, 0.5) is 0 Å². The van der Waals surface area contributed by atoms with Gasteiger partial charge in [0.15, 0.2) is 5.96 Å². The first-order chi connectivity index (χ1) is 9.94. The number of primary sulfonamides is 1. The molecule has 21 heavy (non-hydrogen) atoms. The standard InChI is InChI=1S/C12H23N5O2S2/c1-3-10-9-17-11(20-10)5-6-15-12(14-4-2)16-7-8-21(13,18)19/h9H,3-8H2,1-2H3,(H2,13,18,19)(H2,14,15,16). The molecular formula is C12H23N5O2S2. The number of sulfonamides is 1. The lowest BCUT2D eigenvalue weighted by atomic mass is 10.4. The molecule has 120 valence electrons. The van der Waals surface area contributed by atoms with Gasteiger partial charge >= 0.3 is 0 Å². The van der Waals surface area contributed by atoms with Gasteiger partial charge in [0.25, 0.3) is 0 Å². The lowest BCUT2D eigenvalue weighted by Gasteiger charge is -2.10. The summed E-state index contributed by atoms with van der Waals surface area (Å²) in [6.07, 6.45) is 3.72. The molecule has 1 rings (SSSR count). The summed E-state index contributed by atoms with van der Waals surface area (Å²) < 4.78 is 21.7. The Kier molecular flexibility index (Phi) is 7.62. The molecular weight excluding hydrogens is 310 g/mol. The zero-order chi connectivity index (χ0) is 15.7. The van der Waals surface area contributed by atoms with E-state index in [0.29, 0.717) is 19.0 Å². The largest absolute Gasteiger partial charge is 0.357 e. The predicted molar refractivity (Wildman–Crippen MR) is 87.2 cm³/mol. The summed E-state index contributed by atoms with van der Waals surface area (Å²) in [7, 11) is -3.47. The third-order valence-electron chi connectivity index (χ3n) is 2.57. The smallest absolute Gasteiger partial charge is 0.210 e. The Labute approximate surface area is 130 Å². The molecule has 0 saturated carbocycles. The molecule has 1 heterocycles. The first-order valence-corrected chi connectivity index (χ1v) is 9.44. The molecule has 9 heteroatoms. The number of guanidine groups is 1. The number of nitrogens with one attached hydrogen (secondary N) is 2. The summed E-state index contributed by atoms with van der Waals surface area (Å²) in [5.74, 6) is 0.434. The van der Waals surface area contributed by atoms with E-state index < -0.39 is 10.0 Å². The van der Waals surface area contributed by atoms with E-state index in [4.69, 9.17) is 5.14 Å². The van der Waals surface area contributed by atoms with Gasteiger partial charge in [-0.15, -0.1) is 11.3 Å². The van der Waals surface area contributed by atoms with Gasteiger partial charge in [-0.1, -0.05) is 6.92 Å². The van der Waals surface area contributed by atoms with E-state index in [1.54, 1.807) is 11.3 Å². The lowest BCUT2D eigenvalue weighted by molar-refractivity contribution is 0.597. The van der Waals surface area contributed by atoms with Crippen LogP contribution in [0.25, 0.3) is 0 Å². The second-order valence-corrected chi connectivity index (χ2v) is 7.31. The first kappa shape index (κ1) is 17.9. The fraction of sp³-hybridized carbons (Fsp3) is 0.667. The Hall–Kier alpha value is -1.19. The van der Waals surface area contributed by atoms with Crippen LogP contribution >= 0.6 is 11.3 Å². The van der Waals surface area contributed by atoms with Crippen LogP contribution in [0.1, 0.15) is 23.7 Å². The highest BCUT2D eigenvalue weighted by molar-refractivity contribution is 7.89. The van der Waals surface area contributed by atoms with Gasteiger partial charge < -0.3 is 10.6 Å². The van der Waals surface area contributed by atoms with E-state index in [9.17, 15) is 8.42 Å². The van der Waals surface area contributed by atoms with Crippen molar-refractivity contribution in [3.63, 3.8) is 0 Å². The highest BCUT2D eigenvalue weighted by Crippen LogP contribution is 2.13. The summed E-state index contributed by atoms with van der Waals surface area (Å²) >= 11 is 1.71. The number of aliphatic imine (C=N–C) groups is 1. The van der Waals surface area contributed by atoms with E-state index in [1.807, 2.05) is 13.1 Å². The molecule has 4 N–H and O–H groups in total. The second kappa shape index (κ2) is 8.96. The van der Waals surface area contributed by atoms with Crippen LogP contribution in [-0.4, -0.2) is 44.7 Å². The third kappa shape index (κ3) is 7.98. The van der Waals surface area contributed by atoms with Gasteiger partial charge in [0.1, 0.15) is 0 Å². The van der Waals surface area contributed by atoms with Crippen molar-refractivity contribution in [2.75, 3.05) is 25.4 Å². The number of nitrogens with zero attached hydrogens (tertiary/aromatic N) is 2. The fourth-order valence-corrected chi connectivity index (χ4v) is 2.75. The van der Waals surface area contributed by atoms with E-state index >= 15 is 0 Å². The van der Waals surface area contributed by atoms with Gasteiger partial charge in [-0.25, -0.2) is 18.5 Å². The van der Waals surface area contributed by atoms with Crippen molar-refractivity contribution in [1.29, 1.82) is 0 Å². The molecule has 0 amide bonds. The van der Waals surface area contributed by atoms with Crippen LogP contribution in [0.2, 0.25) is 0 Å². The van der Waals surface area contributed by atoms with E-state index in [1.165, 1.54) is 4.88 Å². The molecule has 1 aromatic heterocycles. The Balaban J connectivity index is 2.41. The number of rotatable bonds is 8. The van der Waals surface area contributed by atoms with Crippen LogP contribution in [0, 0.1) is 0 Å². The number of hydrogen-bond donors (Lipinski definition) is 3. The van der Waals surface area contributed by atoms with Crippen LogP contribution in [0.5, 0.6) is 0 Å². The number of hydrogen-bond acceptors (Lipinski definition) is 5. The maximum Gasteiger partial charge on any atom is 0.210 e. The Morgan fingerprint density at radius 3 is 2.76 bits per heavy atom. The zero-order valence-corrected chi connectivity index (χ0v) is 14.1. The Bertz CT molecular complexity index is 554. The van der Waals surface area contributed by atoms with E-state index in [0.717, 1.165) is 17.8 Å². The highest BCUT2D eigenvalue weighted by Gasteiger charge is 2.04. The van der Waals surface area contributed by atoms with Crippen molar-refractivity contribution in [2.45, 2.75) is 26.7 Å². The second-order valence-electron chi connectivity index (χ2n) is 4.38. The molecule has 0 aromatic carbocycles. The summed E-state index contributed by atoms with van der Waals surface area (Å²) in [6, 6.07) is 0. The summed E-state index contributed by atoms with van der Waals surface area (Å²) in [5, 5.41) is 12.2. The number of aryl methyl sites for hydroxylation is 1. The van der Waals surface area contributed by atoms with Gasteiger partial charge in [0.2, 0.25) is 10.0 Å². The van der Waals surface area contributed by atoms with Gasteiger partial charge in [0.05, 0.1) is 17.3 Å². The highest BCUT2D eigenvalue weighted by atomic mass is 32.2. The zero-order valence-electron chi connectivity index (χ0n) is 12.4. The van der Waals surface area contributed by atoms with Gasteiger partial charge in [0, 0.05) is 30.6 Å². The average molecular weight is 333 g/mol. The van der Waals surface area contributed by atoms with Crippen LogP contribution in [0.3, 0.4) is 0 Å². The number of thiazole rings is 1. The molecule has 0 spiro atoms. The van der Waals surface area contributed by atoms with Gasteiger partial charge in [-0.3, -0.25) is 4.99 Å². The molecule has 0 unspecified atom stereocenters. The molecule has 0 atom stereocenters. The number of aromatic nitrogens is 1. The number of nitrogens with two attached hydrogens (primary N) is 1. The molecule has 0 aliphatic heterocycles. The molecule has 1 aromatic rings. The normalized spacial score (nSPS) is 12.4. The van der Waals surface area contributed by atoms with Crippen LogP contribution < -0.4 is 15.8 Å². The van der Waals surface area contributed by atoms with Crippen molar-refractivity contribution in [3.05, 3.63) is 16.1 Å². The maximum absolute atomic E-state index is 10.9. The molecule has 0 aliphatic carbocycles.